The number of nitrogens with two attached hydrogens (primary N) is 1. The fourth-order valence-corrected chi connectivity index (χ4v) is 2.31. The standard InChI is InChI=1S/C12H17ClN2/c1-2-3-9-7-15(8-9)12-6-10(13)4-5-11(12)14/h4-6,9H,2-3,7-8,14H2,1H3. The van der Waals surface area contributed by atoms with Crippen LogP contribution in [0.1, 0.15) is 19.8 Å². The zero-order chi connectivity index (χ0) is 10.8. The molecule has 2 rings (SSSR count). The van der Waals surface area contributed by atoms with E-state index >= 15 is 0 Å². The number of nitrogens with zero attached hydrogens (tertiary/aromatic N) is 1. The Hall–Kier alpha value is -0.890. The van der Waals surface area contributed by atoms with Crippen LogP contribution < -0.4 is 10.6 Å². The highest BCUT2D eigenvalue weighted by Gasteiger charge is 2.27. The minimum atomic E-state index is 0.762. The number of halogens is 1. The van der Waals surface area contributed by atoms with Crippen molar-refractivity contribution in [3.05, 3.63) is 23.2 Å². The molecule has 1 fully saturated rings. The molecule has 0 aliphatic carbocycles. The molecule has 1 saturated heterocycles. The molecule has 0 bridgehead atoms. The van der Waals surface area contributed by atoms with Gasteiger partial charge in [0, 0.05) is 18.1 Å². The summed E-state index contributed by atoms with van der Waals surface area (Å²) in [7, 11) is 0. The van der Waals surface area contributed by atoms with Crippen molar-refractivity contribution in [3.63, 3.8) is 0 Å². The van der Waals surface area contributed by atoms with Gasteiger partial charge in [-0.15, -0.1) is 0 Å². The van der Waals surface area contributed by atoms with Gasteiger partial charge in [-0.1, -0.05) is 24.9 Å². The molecule has 82 valence electrons. The highest BCUT2D eigenvalue weighted by Crippen LogP contribution is 2.33. The van der Waals surface area contributed by atoms with Crippen molar-refractivity contribution in [2.45, 2.75) is 19.8 Å². The first kappa shape index (κ1) is 10.6. The summed E-state index contributed by atoms with van der Waals surface area (Å²) in [5, 5.41) is 0.762. The third-order valence-electron chi connectivity index (χ3n) is 2.99. The number of rotatable bonds is 3. The predicted molar refractivity (Wildman–Crippen MR) is 66.5 cm³/mol. The number of anilines is 2. The Morgan fingerprint density at radius 2 is 2.20 bits per heavy atom. The number of nitrogen functional groups attached to an aromatic ring is 1. The van der Waals surface area contributed by atoms with Crippen LogP contribution in [0.5, 0.6) is 0 Å². The summed E-state index contributed by atoms with van der Waals surface area (Å²) in [4.78, 5) is 2.31. The smallest absolute Gasteiger partial charge is 0.0615 e. The molecule has 15 heavy (non-hydrogen) atoms. The number of benzene rings is 1. The zero-order valence-electron chi connectivity index (χ0n) is 9.04. The second-order valence-corrected chi connectivity index (χ2v) is 4.70. The van der Waals surface area contributed by atoms with Crippen LogP contribution in [0.2, 0.25) is 5.02 Å². The highest BCUT2D eigenvalue weighted by molar-refractivity contribution is 6.31. The highest BCUT2D eigenvalue weighted by atomic mass is 35.5. The maximum atomic E-state index is 5.96. The normalized spacial score (nSPS) is 16.5. The van der Waals surface area contributed by atoms with Crippen LogP contribution in [0.4, 0.5) is 11.4 Å². The largest absolute Gasteiger partial charge is 0.397 e. The van der Waals surface area contributed by atoms with Gasteiger partial charge in [0.15, 0.2) is 0 Å². The Bertz CT molecular complexity index is 345. The summed E-state index contributed by atoms with van der Waals surface area (Å²) in [5.74, 6) is 0.841. The lowest BCUT2D eigenvalue weighted by Gasteiger charge is -2.41. The average Bonchev–Trinajstić information content (AvgIpc) is 2.15. The molecule has 1 aliphatic heterocycles. The lowest BCUT2D eigenvalue weighted by molar-refractivity contribution is 0.381. The third-order valence-corrected chi connectivity index (χ3v) is 3.22. The lowest BCUT2D eigenvalue weighted by atomic mass is 9.94. The molecule has 1 heterocycles. The molecule has 0 unspecified atom stereocenters. The summed E-state index contributed by atoms with van der Waals surface area (Å²) in [6.07, 6.45) is 2.58. The van der Waals surface area contributed by atoms with Gasteiger partial charge in [-0.2, -0.15) is 0 Å². The van der Waals surface area contributed by atoms with E-state index in [1.54, 1.807) is 0 Å². The monoisotopic (exact) mass is 224 g/mol. The van der Waals surface area contributed by atoms with Gasteiger partial charge >= 0.3 is 0 Å². The minimum absolute atomic E-state index is 0.762. The van der Waals surface area contributed by atoms with Crippen molar-refractivity contribution in [2.24, 2.45) is 5.92 Å². The Morgan fingerprint density at radius 1 is 1.47 bits per heavy atom. The average molecular weight is 225 g/mol. The van der Waals surface area contributed by atoms with Gasteiger partial charge in [0.05, 0.1) is 11.4 Å². The molecule has 2 nitrogen and oxygen atoms in total. The van der Waals surface area contributed by atoms with Gasteiger partial charge in [-0.25, -0.2) is 0 Å². The molecular weight excluding hydrogens is 208 g/mol. The van der Waals surface area contributed by atoms with Crippen molar-refractivity contribution >= 4 is 23.0 Å². The first-order valence-electron chi connectivity index (χ1n) is 5.50. The summed E-state index contributed by atoms with van der Waals surface area (Å²) in [5.41, 5.74) is 7.84. The molecule has 0 saturated carbocycles. The van der Waals surface area contributed by atoms with E-state index in [1.807, 2.05) is 18.2 Å². The van der Waals surface area contributed by atoms with E-state index in [-0.39, 0.29) is 0 Å². The van der Waals surface area contributed by atoms with Crippen LogP contribution in [0.3, 0.4) is 0 Å². The van der Waals surface area contributed by atoms with Gasteiger partial charge in [0.1, 0.15) is 0 Å². The first-order valence-corrected chi connectivity index (χ1v) is 5.88. The van der Waals surface area contributed by atoms with E-state index in [2.05, 4.69) is 11.8 Å². The molecule has 0 amide bonds. The molecule has 2 N–H and O–H groups in total. The summed E-state index contributed by atoms with van der Waals surface area (Å²) >= 11 is 5.96. The van der Waals surface area contributed by atoms with Crippen LogP contribution in [0, 0.1) is 5.92 Å². The van der Waals surface area contributed by atoms with Crippen LogP contribution in [0.15, 0.2) is 18.2 Å². The lowest BCUT2D eigenvalue weighted by Crippen LogP contribution is -2.46. The number of hydrogen-bond acceptors (Lipinski definition) is 2. The van der Waals surface area contributed by atoms with E-state index in [1.165, 1.54) is 12.8 Å². The predicted octanol–water partition coefficient (Wildman–Crippen LogP) is 3.16. The molecule has 0 spiro atoms. The Morgan fingerprint density at radius 3 is 2.87 bits per heavy atom. The van der Waals surface area contributed by atoms with Crippen LogP contribution in [-0.4, -0.2) is 13.1 Å². The second kappa shape index (κ2) is 4.31. The van der Waals surface area contributed by atoms with Crippen molar-refractivity contribution < 1.29 is 0 Å². The Labute approximate surface area is 96.0 Å². The quantitative estimate of drug-likeness (QED) is 0.800. The van der Waals surface area contributed by atoms with E-state index in [4.69, 9.17) is 17.3 Å². The number of hydrogen-bond donors (Lipinski definition) is 1. The second-order valence-electron chi connectivity index (χ2n) is 4.26. The van der Waals surface area contributed by atoms with Crippen molar-refractivity contribution in [2.75, 3.05) is 23.7 Å². The molecule has 0 radical (unpaired) electrons. The zero-order valence-corrected chi connectivity index (χ0v) is 9.80. The van der Waals surface area contributed by atoms with Crippen LogP contribution >= 0.6 is 11.6 Å². The van der Waals surface area contributed by atoms with E-state index in [0.717, 1.165) is 35.4 Å². The molecule has 1 aromatic carbocycles. The minimum Gasteiger partial charge on any atom is -0.397 e. The first-order chi connectivity index (χ1) is 7.20. The van der Waals surface area contributed by atoms with Crippen molar-refractivity contribution in [1.82, 2.24) is 0 Å². The van der Waals surface area contributed by atoms with Gasteiger partial charge < -0.3 is 10.6 Å². The van der Waals surface area contributed by atoms with Crippen molar-refractivity contribution in [3.8, 4) is 0 Å². The van der Waals surface area contributed by atoms with Gasteiger partial charge in [0.25, 0.3) is 0 Å². The summed E-state index contributed by atoms with van der Waals surface area (Å²) < 4.78 is 0. The van der Waals surface area contributed by atoms with Gasteiger partial charge in [-0.3, -0.25) is 0 Å². The third kappa shape index (κ3) is 2.20. The fraction of sp³-hybridized carbons (Fsp3) is 0.500. The molecule has 0 atom stereocenters. The molecule has 3 heteroatoms. The van der Waals surface area contributed by atoms with E-state index in [9.17, 15) is 0 Å². The maximum absolute atomic E-state index is 5.96. The van der Waals surface area contributed by atoms with E-state index < -0.39 is 0 Å². The van der Waals surface area contributed by atoms with Crippen molar-refractivity contribution in [1.29, 1.82) is 0 Å². The van der Waals surface area contributed by atoms with Gasteiger partial charge in [0.2, 0.25) is 0 Å². The van der Waals surface area contributed by atoms with Crippen LogP contribution in [-0.2, 0) is 0 Å². The van der Waals surface area contributed by atoms with Crippen LogP contribution in [0.25, 0.3) is 0 Å². The fourth-order valence-electron chi connectivity index (χ4n) is 2.15. The molecule has 1 aliphatic rings. The Balaban J connectivity index is 2.03. The molecule has 0 aromatic heterocycles. The Kier molecular flexibility index (Phi) is 3.06. The summed E-state index contributed by atoms with van der Waals surface area (Å²) in [6.45, 7) is 4.48. The molecule has 1 aromatic rings. The van der Waals surface area contributed by atoms with Gasteiger partial charge in [-0.05, 0) is 30.5 Å². The summed E-state index contributed by atoms with van der Waals surface area (Å²) in [6, 6.07) is 5.67. The topological polar surface area (TPSA) is 29.3 Å². The van der Waals surface area contributed by atoms with E-state index in [0.29, 0.717) is 0 Å². The maximum Gasteiger partial charge on any atom is 0.0615 e. The molecular formula is C12H17ClN2. The SMILES string of the molecule is CCCC1CN(c2cc(Cl)ccc2N)C1.